The molecule has 0 aliphatic carbocycles. The van der Waals surface area contributed by atoms with Gasteiger partial charge in [-0.1, -0.05) is 25.1 Å². The Morgan fingerprint density at radius 2 is 2.05 bits per heavy atom. The average molecular weight is 264 g/mol. The zero-order chi connectivity index (χ0) is 14.3. The number of rotatable bonds is 7. The van der Waals surface area contributed by atoms with Crippen LogP contribution in [0.2, 0.25) is 0 Å². The van der Waals surface area contributed by atoms with E-state index in [1.807, 2.05) is 45.2 Å². The molecule has 1 aromatic rings. The molecule has 0 heterocycles. The summed E-state index contributed by atoms with van der Waals surface area (Å²) in [7, 11) is 1.81. The minimum atomic E-state index is -0.0933. The SMILES string of the molecule is CCOc1ccccc1CN(C)C(=O)C(CC)CN. The van der Waals surface area contributed by atoms with E-state index in [1.165, 1.54) is 0 Å². The highest BCUT2D eigenvalue weighted by molar-refractivity contribution is 5.78. The van der Waals surface area contributed by atoms with Crippen molar-refractivity contribution in [2.45, 2.75) is 26.8 Å². The van der Waals surface area contributed by atoms with Crippen LogP contribution in [-0.2, 0) is 11.3 Å². The van der Waals surface area contributed by atoms with Crippen LogP contribution in [0.25, 0.3) is 0 Å². The summed E-state index contributed by atoms with van der Waals surface area (Å²) in [5, 5.41) is 0. The van der Waals surface area contributed by atoms with Gasteiger partial charge in [-0.25, -0.2) is 0 Å². The first-order valence-corrected chi connectivity index (χ1v) is 6.79. The summed E-state index contributed by atoms with van der Waals surface area (Å²) < 4.78 is 5.57. The first-order chi connectivity index (χ1) is 9.13. The highest BCUT2D eigenvalue weighted by Gasteiger charge is 2.19. The molecule has 0 spiro atoms. The van der Waals surface area contributed by atoms with Crippen LogP contribution in [0.4, 0.5) is 0 Å². The van der Waals surface area contributed by atoms with Crippen molar-refractivity contribution >= 4 is 5.91 Å². The maximum Gasteiger partial charge on any atom is 0.226 e. The molecule has 1 aromatic carbocycles. The summed E-state index contributed by atoms with van der Waals surface area (Å²) in [6.45, 7) is 5.50. The lowest BCUT2D eigenvalue weighted by Gasteiger charge is -2.23. The van der Waals surface area contributed by atoms with Crippen LogP contribution in [0.5, 0.6) is 5.75 Å². The summed E-state index contributed by atoms with van der Waals surface area (Å²) >= 11 is 0. The first-order valence-electron chi connectivity index (χ1n) is 6.79. The number of nitrogens with two attached hydrogens (primary N) is 1. The number of carbonyl (C=O) groups is 1. The average Bonchev–Trinajstić information content (AvgIpc) is 2.42. The van der Waals surface area contributed by atoms with Crippen molar-refractivity contribution in [3.05, 3.63) is 29.8 Å². The van der Waals surface area contributed by atoms with Gasteiger partial charge in [-0.15, -0.1) is 0 Å². The van der Waals surface area contributed by atoms with E-state index in [4.69, 9.17) is 10.5 Å². The van der Waals surface area contributed by atoms with E-state index in [1.54, 1.807) is 4.90 Å². The molecule has 0 fully saturated rings. The third-order valence-corrected chi connectivity index (χ3v) is 3.18. The molecule has 19 heavy (non-hydrogen) atoms. The van der Waals surface area contributed by atoms with Gasteiger partial charge in [-0.05, 0) is 19.4 Å². The van der Waals surface area contributed by atoms with E-state index in [2.05, 4.69) is 0 Å². The minimum absolute atomic E-state index is 0.0933. The fourth-order valence-electron chi connectivity index (χ4n) is 2.02. The summed E-state index contributed by atoms with van der Waals surface area (Å²) in [4.78, 5) is 13.9. The van der Waals surface area contributed by atoms with Gasteiger partial charge in [0.15, 0.2) is 0 Å². The zero-order valence-corrected chi connectivity index (χ0v) is 12.1. The number of nitrogens with zero attached hydrogens (tertiary/aromatic N) is 1. The molecule has 0 aromatic heterocycles. The Balaban J connectivity index is 2.76. The molecule has 2 N–H and O–H groups in total. The van der Waals surface area contributed by atoms with E-state index in [0.29, 0.717) is 19.7 Å². The quantitative estimate of drug-likeness (QED) is 0.820. The predicted molar refractivity (Wildman–Crippen MR) is 76.9 cm³/mol. The second kappa shape index (κ2) is 7.79. The third kappa shape index (κ3) is 4.24. The number of para-hydroxylation sites is 1. The summed E-state index contributed by atoms with van der Waals surface area (Å²) in [5.41, 5.74) is 6.64. The minimum Gasteiger partial charge on any atom is -0.494 e. The van der Waals surface area contributed by atoms with Gasteiger partial charge in [0.1, 0.15) is 5.75 Å². The highest BCUT2D eigenvalue weighted by atomic mass is 16.5. The predicted octanol–water partition coefficient (Wildman–Crippen LogP) is 2.03. The molecule has 0 saturated heterocycles. The zero-order valence-electron chi connectivity index (χ0n) is 12.1. The van der Waals surface area contributed by atoms with E-state index in [0.717, 1.165) is 17.7 Å². The Bertz CT molecular complexity index is 403. The molecule has 1 atom stereocenters. The van der Waals surface area contributed by atoms with Crippen LogP contribution in [0.15, 0.2) is 24.3 Å². The number of hydrogen-bond donors (Lipinski definition) is 1. The molecular formula is C15H24N2O2. The van der Waals surface area contributed by atoms with Crippen molar-refractivity contribution in [3.8, 4) is 5.75 Å². The normalized spacial score (nSPS) is 12.0. The number of benzene rings is 1. The monoisotopic (exact) mass is 264 g/mol. The summed E-state index contributed by atoms with van der Waals surface area (Å²) in [6, 6.07) is 7.80. The Morgan fingerprint density at radius 3 is 2.63 bits per heavy atom. The molecule has 4 heteroatoms. The molecule has 0 aliphatic rings. The van der Waals surface area contributed by atoms with Crippen LogP contribution in [0.1, 0.15) is 25.8 Å². The molecule has 0 saturated carbocycles. The standard InChI is InChI=1S/C15H24N2O2/c1-4-12(10-16)15(18)17(3)11-13-8-6-7-9-14(13)19-5-2/h6-9,12H,4-5,10-11,16H2,1-3H3. The van der Waals surface area contributed by atoms with Gasteiger partial charge in [-0.2, -0.15) is 0 Å². The Labute approximate surface area is 115 Å². The summed E-state index contributed by atoms with van der Waals surface area (Å²) in [6.07, 6.45) is 0.771. The van der Waals surface area contributed by atoms with E-state index in [9.17, 15) is 4.79 Å². The maximum absolute atomic E-state index is 12.2. The molecule has 1 rings (SSSR count). The van der Waals surface area contributed by atoms with Crippen molar-refractivity contribution < 1.29 is 9.53 Å². The van der Waals surface area contributed by atoms with E-state index >= 15 is 0 Å². The third-order valence-electron chi connectivity index (χ3n) is 3.18. The van der Waals surface area contributed by atoms with Gasteiger partial charge in [0.25, 0.3) is 0 Å². The molecule has 0 bridgehead atoms. The van der Waals surface area contributed by atoms with Gasteiger partial charge in [0, 0.05) is 25.7 Å². The largest absolute Gasteiger partial charge is 0.494 e. The lowest BCUT2D eigenvalue weighted by Crippen LogP contribution is -2.36. The van der Waals surface area contributed by atoms with Gasteiger partial charge in [0.2, 0.25) is 5.91 Å². The second-order valence-electron chi connectivity index (χ2n) is 4.58. The molecule has 4 nitrogen and oxygen atoms in total. The molecule has 106 valence electrons. The second-order valence-corrected chi connectivity index (χ2v) is 4.58. The van der Waals surface area contributed by atoms with E-state index < -0.39 is 0 Å². The van der Waals surface area contributed by atoms with Crippen LogP contribution in [-0.4, -0.2) is 31.0 Å². The number of hydrogen-bond acceptors (Lipinski definition) is 3. The van der Waals surface area contributed by atoms with Crippen LogP contribution in [0, 0.1) is 5.92 Å². The summed E-state index contributed by atoms with van der Waals surface area (Å²) in [5.74, 6) is 0.839. The first kappa shape index (κ1) is 15.5. The lowest BCUT2D eigenvalue weighted by molar-refractivity contribution is -0.134. The fourth-order valence-corrected chi connectivity index (χ4v) is 2.02. The van der Waals surface area contributed by atoms with Crippen molar-refractivity contribution in [2.75, 3.05) is 20.2 Å². The van der Waals surface area contributed by atoms with Crippen LogP contribution in [0.3, 0.4) is 0 Å². The van der Waals surface area contributed by atoms with Gasteiger partial charge < -0.3 is 15.4 Å². The van der Waals surface area contributed by atoms with E-state index in [-0.39, 0.29) is 11.8 Å². The number of amides is 1. The maximum atomic E-state index is 12.2. The fraction of sp³-hybridized carbons (Fsp3) is 0.533. The van der Waals surface area contributed by atoms with Crippen LogP contribution >= 0.6 is 0 Å². The lowest BCUT2D eigenvalue weighted by atomic mass is 10.1. The van der Waals surface area contributed by atoms with Crippen molar-refractivity contribution in [2.24, 2.45) is 11.7 Å². The van der Waals surface area contributed by atoms with Crippen LogP contribution < -0.4 is 10.5 Å². The van der Waals surface area contributed by atoms with Gasteiger partial charge in [0.05, 0.1) is 12.5 Å². The molecule has 1 amide bonds. The molecule has 0 aliphatic heterocycles. The van der Waals surface area contributed by atoms with Crippen molar-refractivity contribution in [1.82, 2.24) is 4.90 Å². The molecule has 1 unspecified atom stereocenters. The smallest absolute Gasteiger partial charge is 0.226 e. The molecule has 0 radical (unpaired) electrons. The van der Waals surface area contributed by atoms with Crippen molar-refractivity contribution in [3.63, 3.8) is 0 Å². The van der Waals surface area contributed by atoms with Crippen molar-refractivity contribution in [1.29, 1.82) is 0 Å². The Hall–Kier alpha value is -1.55. The Morgan fingerprint density at radius 1 is 1.37 bits per heavy atom. The Kier molecular flexibility index (Phi) is 6.36. The van der Waals surface area contributed by atoms with Gasteiger partial charge >= 0.3 is 0 Å². The highest BCUT2D eigenvalue weighted by Crippen LogP contribution is 2.20. The number of ether oxygens (including phenoxy) is 1. The number of carbonyl (C=O) groups excluding carboxylic acids is 1. The molecular weight excluding hydrogens is 240 g/mol. The van der Waals surface area contributed by atoms with Gasteiger partial charge in [-0.3, -0.25) is 4.79 Å². The topological polar surface area (TPSA) is 55.6 Å².